The molecule has 0 saturated carbocycles. The molecule has 8 heteroatoms. The van der Waals surface area contributed by atoms with Crippen LogP contribution in [0.2, 0.25) is 10.0 Å². The van der Waals surface area contributed by atoms with Crippen LogP contribution in [0.4, 0.5) is 4.39 Å². The van der Waals surface area contributed by atoms with Gasteiger partial charge in [-0.3, -0.25) is 9.78 Å². The van der Waals surface area contributed by atoms with Gasteiger partial charge >= 0.3 is 5.97 Å². The SMILES string of the molecule is COc1ccc2nccc([C@@H](F)CC[C@@H]3CCN(CCCCc4c(Cl)cccc4Cl)C[C@@H]3C(=O)O)c2c1. The maximum Gasteiger partial charge on any atom is 0.308 e. The molecule has 3 aromatic rings. The minimum atomic E-state index is -1.19. The van der Waals surface area contributed by atoms with Crippen LogP contribution >= 0.6 is 23.2 Å². The summed E-state index contributed by atoms with van der Waals surface area (Å²) in [5.41, 5.74) is 2.26. The summed E-state index contributed by atoms with van der Waals surface area (Å²) < 4.78 is 20.7. The number of halogens is 3. The third-order valence-corrected chi connectivity index (χ3v) is 8.19. The van der Waals surface area contributed by atoms with Crippen LogP contribution in [0, 0.1) is 11.8 Å². The lowest BCUT2D eigenvalue weighted by Gasteiger charge is -2.37. The molecule has 0 unspecified atom stereocenters. The lowest BCUT2D eigenvalue weighted by atomic mass is 9.81. The fourth-order valence-electron chi connectivity index (χ4n) is 5.37. The molecular weight excluding hydrogens is 514 g/mol. The number of carboxylic acid groups (broad SMARTS) is 1. The van der Waals surface area contributed by atoms with Crippen LogP contribution < -0.4 is 4.74 Å². The summed E-state index contributed by atoms with van der Waals surface area (Å²) in [6, 6.07) is 12.7. The first-order valence-electron chi connectivity index (χ1n) is 12.8. The van der Waals surface area contributed by atoms with Gasteiger partial charge in [0.25, 0.3) is 0 Å². The number of unbranched alkanes of at least 4 members (excludes halogenated alkanes) is 1. The maximum atomic E-state index is 15.4. The van der Waals surface area contributed by atoms with E-state index in [1.54, 1.807) is 19.4 Å². The van der Waals surface area contributed by atoms with Gasteiger partial charge in [-0.1, -0.05) is 29.3 Å². The van der Waals surface area contributed by atoms with Crippen LogP contribution in [0.15, 0.2) is 48.7 Å². The molecule has 0 bridgehead atoms. The van der Waals surface area contributed by atoms with Gasteiger partial charge in [0.05, 0.1) is 18.5 Å². The molecule has 1 saturated heterocycles. The highest BCUT2D eigenvalue weighted by atomic mass is 35.5. The zero-order valence-electron chi connectivity index (χ0n) is 21.0. The van der Waals surface area contributed by atoms with Gasteiger partial charge in [0.1, 0.15) is 11.9 Å². The second-order valence-corrected chi connectivity index (χ2v) is 10.6. The van der Waals surface area contributed by atoms with Crippen LogP contribution in [0.1, 0.15) is 49.4 Å². The Kier molecular flexibility index (Phi) is 9.63. The first kappa shape index (κ1) is 27.6. The van der Waals surface area contributed by atoms with Gasteiger partial charge in [0.15, 0.2) is 0 Å². The van der Waals surface area contributed by atoms with Crippen LogP contribution in [0.5, 0.6) is 5.75 Å². The zero-order valence-corrected chi connectivity index (χ0v) is 22.5. The topological polar surface area (TPSA) is 62.7 Å². The molecule has 0 spiro atoms. The van der Waals surface area contributed by atoms with E-state index in [2.05, 4.69) is 9.88 Å². The average Bonchev–Trinajstić information content (AvgIpc) is 2.90. The summed E-state index contributed by atoms with van der Waals surface area (Å²) in [5, 5.41) is 12.0. The summed E-state index contributed by atoms with van der Waals surface area (Å²) in [7, 11) is 1.58. The smallest absolute Gasteiger partial charge is 0.308 e. The van der Waals surface area contributed by atoms with Crippen LogP contribution in [-0.2, 0) is 11.2 Å². The number of nitrogens with zero attached hydrogens (tertiary/aromatic N) is 2. The van der Waals surface area contributed by atoms with Crippen molar-refractivity contribution in [3.63, 3.8) is 0 Å². The first-order chi connectivity index (χ1) is 17.9. The monoisotopic (exact) mass is 546 g/mol. The molecule has 1 fully saturated rings. The van der Waals surface area contributed by atoms with Crippen LogP contribution in [-0.4, -0.2) is 47.7 Å². The number of pyridine rings is 1. The molecule has 4 rings (SSSR count). The molecule has 198 valence electrons. The van der Waals surface area contributed by atoms with Gasteiger partial charge in [0, 0.05) is 28.2 Å². The maximum absolute atomic E-state index is 15.4. The number of hydrogen-bond acceptors (Lipinski definition) is 4. The Bertz CT molecular complexity index is 1200. The van der Waals surface area contributed by atoms with Gasteiger partial charge in [-0.2, -0.15) is 0 Å². The first-order valence-corrected chi connectivity index (χ1v) is 13.6. The summed E-state index contributed by atoms with van der Waals surface area (Å²) in [6.45, 7) is 2.15. The number of piperidine rings is 1. The van der Waals surface area contributed by atoms with Gasteiger partial charge < -0.3 is 14.7 Å². The van der Waals surface area contributed by atoms with Crippen molar-refractivity contribution >= 4 is 40.1 Å². The lowest BCUT2D eigenvalue weighted by Crippen LogP contribution is -2.44. The fraction of sp³-hybridized carbons (Fsp3) is 0.448. The molecule has 0 radical (unpaired) electrons. The summed E-state index contributed by atoms with van der Waals surface area (Å²) >= 11 is 12.5. The molecule has 1 aromatic heterocycles. The number of carboxylic acids is 1. The summed E-state index contributed by atoms with van der Waals surface area (Å²) in [4.78, 5) is 18.6. The Morgan fingerprint density at radius 3 is 2.73 bits per heavy atom. The van der Waals surface area contributed by atoms with Crippen molar-refractivity contribution in [2.45, 2.75) is 44.7 Å². The van der Waals surface area contributed by atoms with Crippen molar-refractivity contribution in [3.05, 3.63) is 69.8 Å². The molecule has 2 heterocycles. The highest BCUT2D eigenvalue weighted by molar-refractivity contribution is 6.35. The zero-order chi connectivity index (χ0) is 26.4. The Morgan fingerprint density at radius 2 is 2.00 bits per heavy atom. The quantitative estimate of drug-likeness (QED) is 0.254. The van der Waals surface area contributed by atoms with Crippen molar-refractivity contribution in [1.82, 2.24) is 9.88 Å². The van der Waals surface area contributed by atoms with Crippen molar-refractivity contribution in [3.8, 4) is 5.75 Å². The lowest BCUT2D eigenvalue weighted by molar-refractivity contribution is -0.146. The van der Waals surface area contributed by atoms with Crippen molar-refractivity contribution in [2.24, 2.45) is 11.8 Å². The minimum Gasteiger partial charge on any atom is -0.497 e. The van der Waals surface area contributed by atoms with Gasteiger partial charge in [-0.05, 0) is 105 Å². The molecule has 2 aromatic carbocycles. The fourth-order valence-corrected chi connectivity index (χ4v) is 5.95. The molecule has 0 amide bonds. The molecule has 3 atom stereocenters. The van der Waals surface area contributed by atoms with E-state index < -0.39 is 18.1 Å². The normalized spacial score (nSPS) is 19.1. The average molecular weight is 547 g/mol. The Balaban J connectivity index is 1.30. The van der Waals surface area contributed by atoms with Crippen molar-refractivity contribution in [2.75, 3.05) is 26.7 Å². The van der Waals surface area contributed by atoms with E-state index in [0.29, 0.717) is 34.3 Å². The van der Waals surface area contributed by atoms with E-state index in [1.807, 2.05) is 36.4 Å². The number of likely N-dealkylation sites (tertiary alicyclic amines) is 1. The number of alkyl halides is 1. The second-order valence-electron chi connectivity index (χ2n) is 9.78. The highest BCUT2D eigenvalue weighted by Gasteiger charge is 2.34. The number of methoxy groups -OCH3 is 1. The standard InChI is InChI=1S/C29H33Cl2FN2O3/c1-37-20-9-11-28-23(17-20)21(12-14-33-28)27(32)10-8-19-13-16-34(18-24(19)29(35)36)15-3-2-5-22-25(30)6-4-7-26(22)31/h4,6-7,9,11-12,14,17,19,24,27H,2-3,5,8,10,13,15-16,18H2,1H3,(H,35,36)/t19-,24+,27+/m1/s1. The van der Waals surface area contributed by atoms with Crippen molar-refractivity contribution in [1.29, 1.82) is 0 Å². The molecule has 1 aliphatic rings. The predicted octanol–water partition coefficient (Wildman–Crippen LogP) is 7.39. The number of hydrogen-bond donors (Lipinski definition) is 1. The van der Waals surface area contributed by atoms with E-state index >= 15 is 4.39 Å². The van der Waals surface area contributed by atoms with Gasteiger partial charge in [0.2, 0.25) is 0 Å². The highest BCUT2D eigenvalue weighted by Crippen LogP contribution is 2.35. The van der Waals surface area contributed by atoms with E-state index in [-0.39, 0.29) is 12.3 Å². The van der Waals surface area contributed by atoms with E-state index in [1.165, 1.54) is 0 Å². The van der Waals surface area contributed by atoms with Gasteiger partial charge in [-0.25, -0.2) is 4.39 Å². The molecule has 1 aliphatic heterocycles. The molecule has 0 aliphatic carbocycles. The van der Waals surface area contributed by atoms with E-state index in [4.69, 9.17) is 27.9 Å². The second kappa shape index (κ2) is 12.9. The minimum absolute atomic E-state index is 0.0448. The number of aromatic nitrogens is 1. The predicted molar refractivity (Wildman–Crippen MR) is 146 cm³/mol. The summed E-state index contributed by atoms with van der Waals surface area (Å²) in [5.74, 6) is -0.681. The number of aliphatic carboxylic acids is 1. The van der Waals surface area contributed by atoms with E-state index in [0.717, 1.165) is 55.2 Å². The van der Waals surface area contributed by atoms with Crippen LogP contribution in [0.25, 0.3) is 10.9 Å². The van der Waals surface area contributed by atoms with Gasteiger partial charge in [-0.15, -0.1) is 0 Å². The Hall–Kier alpha value is -2.41. The third-order valence-electron chi connectivity index (χ3n) is 7.48. The third kappa shape index (κ3) is 6.92. The number of ether oxygens (including phenoxy) is 1. The largest absolute Gasteiger partial charge is 0.497 e. The Morgan fingerprint density at radius 1 is 1.22 bits per heavy atom. The van der Waals surface area contributed by atoms with Crippen molar-refractivity contribution < 1.29 is 19.0 Å². The number of rotatable bonds is 11. The molecule has 5 nitrogen and oxygen atoms in total. The molecule has 37 heavy (non-hydrogen) atoms. The van der Waals surface area contributed by atoms with Crippen LogP contribution in [0.3, 0.4) is 0 Å². The number of fused-ring (bicyclic) bond motifs is 1. The van der Waals surface area contributed by atoms with E-state index in [9.17, 15) is 9.90 Å². The molecule has 1 N–H and O–H groups in total. The number of benzene rings is 2. The number of carbonyl (C=O) groups is 1. The summed E-state index contributed by atoms with van der Waals surface area (Å²) in [6.07, 6.45) is 4.65. The molecular formula is C29H33Cl2FN2O3. The Labute approximate surface area is 227 Å².